The molecule has 0 bridgehead atoms. The number of nitrogens with two attached hydrogens (primary N) is 1. The molecule has 3 rings (SSSR count). The first-order chi connectivity index (χ1) is 9.29. The molecular formula is C16H23NO2. The van der Waals surface area contributed by atoms with Crippen molar-refractivity contribution >= 4 is 0 Å². The van der Waals surface area contributed by atoms with Crippen LogP contribution in [-0.4, -0.2) is 19.8 Å². The van der Waals surface area contributed by atoms with Crippen LogP contribution in [0.15, 0.2) is 6.07 Å². The Bertz CT molecular complexity index is 436. The summed E-state index contributed by atoms with van der Waals surface area (Å²) in [6.07, 6.45) is 5.44. The molecule has 0 saturated heterocycles. The smallest absolute Gasteiger partial charge is 0.126 e. The molecule has 0 fully saturated rings. The normalized spacial score (nSPS) is 18.8. The van der Waals surface area contributed by atoms with Crippen LogP contribution in [0.4, 0.5) is 0 Å². The molecule has 0 aromatic heterocycles. The topological polar surface area (TPSA) is 44.5 Å². The second-order valence-electron chi connectivity index (χ2n) is 5.77. The third kappa shape index (κ3) is 2.44. The summed E-state index contributed by atoms with van der Waals surface area (Å²) < 4.78 is 11.8. The summed E-state index contributed by atoms with van der Waals surface area (Å²) >= 11 is 0. The minimum Gasteiger partial charge on any atom is -0.493 e. The summed E-state index contributed by atoms with van der Waals surface area (Å²) in [5, 5.41) is 0. The fourth-order valence-electron chi connectivity index (χ4n) is 3.07. The molecule has 0 spiro atoms. The van der Waals surface area contributed by atoms with Crippen molar-refractivity contribution in [2.24, 2.45) is 11.7 Å². The molecule has 1 atom stereocenters. The quantitative estimate of drug-likeness (QED) is 0.909. The van der Waals surface area contributed by atoms with Gasteiger partial charge in [0.25, 0.3) is 0 Å². The van der Waals surface area contributed by atoms with Crippen molar-refractivity contribution in [3.63, 3.8) is 0 Å². The summed E-state index contributed by atoms with van der Waals surface area (Å²) in [6, 6.07) is 2.21. The van der Waals surface area contributed by atoms with Gasteiger partial charge in [-0.2, -0.15) is 0 Å². The van der Waals surface area contributed by atoms with E-state index in [1.165, 1.54) is 16.7 Å². The molecular weight excluding hydrogens is 238 g/mol. The van der Waals surface area contributed by atoms with Gasteiger partial charge in [0.05, 0.1) is 13.2 Å². The highest BCUT2D eigenvalue weighted by molar-refractivity contribution is 5.55. The number of benzene rings is 1. The van der Waals surface area contributed by atoms with Gasteiger partial charge in [-0.1, -0.05) is 6.92 Å². The van der Waals surface area contributed by atoms with Crippen molar-refractivity contribution in [2.45, 2.75) is 39.0 Å². The van der Waals surface area contributed by atoms with Gasteiger partial charge >= 0.3 is 0 Å². The number of hydrogen-bond acceptors (Lipinski definition) is 3. The van der Waals surface area contributed by atoms with Crippen LogP contribution >= 0.6 is 0 Å². The van der Waals surface area contributed by atoms with Gasteiger partial charge in [0.2, 0.25) is 0 Å². The van der Waals surface area contributed by atoms with E-state index in [0.717, 1.165) is 63.4 Å². The second kappa shape index (κ2) is 5.41. The minimum atomic E-state index is 0.489. The lowest BCUT2D eigenvalue weighted by Gasteiger charge is -2.28. The molecule has 2 aliphatic rings. The summed E-state index contributed by atoms with van der Waals surface area (Å²) in [7, 11) is 0. The van der Waals surface area contributed by atoms with Crippen LogP contribution in [0, 0.1) is 5.92 Å². The van der Waals surface area contributed by atoms with Crippen LogP contribution in [0.3, 0.4) is 0 Å². The van der Waals surface area contributed by atoms with Crippen molar-refractivity contribution in [3.05, 3.63) is 22.8 Å². The highest BCUT2D eigenvalue weighted by Crippen LogP contribution is 2.40. The van der Waals surface area contributed by atoms with Gasteiger partial charge < -0.3 is 15.2 Å². The maximum atomic E-state index is 5.97. The summed E-state index contributed by atoms with van der Waals surface area (Å²) in [6.45, 7) is 4.62. The molecule has 0 saturated carbocycles. The molecule has 2 aliphatic heterocycles. The van der Waals surface area contributed by atoms with Gasteiger partial charge in [0, 0.05) is 11.1 Å². The van der Waals surface area contributed by atoms with E-state index in [9.17, 15) is 0 Å². The predicted octanol–water partition coefficient (Wildman–Crippen LogP) is 2.47. The Morgan fingerprint density at radius 3 is 2.84 bits per heavy atom. The molecule has 0 radical (unpaired) electrons. The van der Waals surface area contributed by atoms with Crippen LogP contribution in [0.25, 0.3) is 0 Å². The van der Waals surface area contributed by atoms with E-state index in [-0.39, 0.29) is 0 Å². The average Bonchev–Trinajstić information content (AvgIpc) is 2.46. The van der Waals surface area contributed by atoms with Crippen LogP contribution in [0.5, 0.6) is 11.5 Å². The van der Waals surface area contributed by atoms with Crippen molar-refractivity contribution < 1.29 is 9.47 Å². The zero-order chi connectivity index (χ0) is 13.2. The van der Waals surface area contributed by atoms with Crippen molar-refractivity contribution in [1.29, 1.82) is 0 Å². The van der Waals surface area contributed by atoms with E-state index in [2.05, 4.69) is 13.0 Å². The van der Waals surface area contributed by atoms with E-state index in [4.69, 9.17) is 15.2 Å². The number of aryl methyl sites for hydroxylation is 1. The summed E-state index contributed by atoms with van der Waals surface area (Å²) in [4.78, 5) is 0. The Morgan fingerprint density at radius 1 is 1.21 bits per heavy atom. The SMILES string of the molecule is CC(CN)Cc1c2c(cc3c1OCCC3)OCCC2. The number of fused-ring (bicyclic) bond motifs is 2. The molecule has 0 amide bonds. The highest BCUT2D eigenvalue weighted by Gasteiger charge is 2.24. The monoisotopic (exact) mass is 261 g/mol. The van der Waals surface area contributed by atoms with Crippen LogP contribution in [0.2, 0.25) is 0 Å². The van der Waals surface area contributed by atoms with Crippen molar-refractivity contribution in [1.82, 2.24) is 0 Å². The Morgan fingerprint density at radius 2 is 2.00 bits per heavy atom. The zero-order valence-corrected chi connectivity index (χ0v) is 11.7. The maximum absolute atomic E-state index is 5.97. The molecule has 0 aliphatic carbocycles. The molecule has 3 nitrogen and oxygen atoms in total. The average molecular weight is 261 g/mol. The molecule has 2 N–H and O–H groups in total. The minimum absolute atomic E-state index is 0.489. The third-order valence-corrected chi connectivity index (χ3v) is 4.15. The lowest BCUT2D eigenvalue weighted by Crippen LogP contribution is -2.20. The summed E-state index contributed by atoms with van der Waals surface area (Å²) in [5.74, 6) is 2.72. The third-order valence-electron chi connectivity index (χ3n) is 4.15. The molecule has 1 aromatic carbocycles. The van der Waals surface area contributed by atoms with Crippen molar-refractivity contribution in [2.75, 3.05) is 19.8 Å². The molecule has 1 aromatic rings. The first-order valence-electron chi connectivity index (χ1n) is 7.43. The van der Waals surface area contributed by atoms with Gasteiger partial charge in [0.15, 0.2) is 0 Å². The summed E-state index contributed by atoms with van der Waals surface area (Å²) in [5.41, 5.74) is 9.86. The Labute approximate surface area is 115 Å². The number of rotatable bonds is 3. The fraction of sp³-hybridized carbons (Fsp3) is 0.625. The highest BCUT2D eigenvalue weighted by atomic mass is 16.5. The number of ether oxygens (including phenoxy) is 2. The molecule has 3 heteroatoms. The second-order valence-corrected chi connectivity index (χ2v) is 5.77. The maximum Gasteiger partial charge on any atom is 0.126 e. The Hall–Kier alpha value is -1.22. The molecule has 1 unspecified atom stereocenters. The van der Waals surface area contributed by atoms with Gasteiger partial charge in [-0.15, -0.1) is 0 Å². The lowest BCUT2D eigenvalue weighted by atomic mass is 9.88. The largest absolute Gasteiger partial charge is 0.493 e. The number of hydrogen-bond donors (Lipinski definition) is 1. The standard InChI is InChI=1S/C16H23NO2/c1-11(10-17)8-14-13-5-3-6-18-15(13)9-12-4-2-7-19-16(12)14/h9,11H,2-8,10,17H2,1H3. The van der Waals surface area contributed by atoms with E-state index in [1.54, 1.807) is 0 Å². The van der Waals surface area contributed by atoms with Gasteiger partial charge in [0.1, 0.15) is 11.5 Å². The van der Waals surface area contributed by atoms with E-state index in [1.807, 2.05) is 0 Å². The van der Waals surface area contributed by atoms with Crippen molar-refractivity contribution in [3.8, 4) is 11.5 Å². The Kier molecular flexibility index (Phi) is 3.65. The van der Waals surface area contributed by atoms with Crippen LogP contribution in [-0.2, 0) is 19.3 Å². The van der Waals surface area contributed by atoms with Crippen LogP contribution in [0.1, 0.15) is 36.5 Å². The first kappa shape index (κ1) is 12.8. The Balaban J connectivity index is 2.06. The molecule has 2 heterocycles. The fourth-order valence-corrected chi connectivity index (χ4v) is 3.07. The molecule has 19 heavy (non-hydrogen) atoms. The van der Waals surface area contributed by atoms with E-state index >= 15 is 0 Å². The van der Waals surface area contributed by atoms with Crippen LogP contribution < -0.4 is 15.2 Å². The van der Waals surface area contributed by atoms with Gasteiger partial charge in [-0.05, 0) is 56.2 Å². The first-order valence-corrected chi connectivity index (χ1v) is 7.43. The van der Waals surface area contributed by atoms with E-state index < -0.39 is 0 Å². The zero-order valence-electron chi connectivity index (χ0n) is 11.7. The predicted molar refractivity (Wildman–Crippen MR) is 76.0 cm³/mol. The molecule has 104 valence electrons. The van der Waals surface area contributed by atoms with Gasteiger partial charge in [-0.3, -0.25) is 0 Å². The van der Waals surface area contributed by atoms with E-state index in [0.29, 0.717) is 5.92 Å². The lowest BCUT2D eigenvalue weighted by molar-refractivity contribution is 0.268. The van der Waals surface area contributed by atoms with Gasteiger partial charge in [-0.25, -0.2) is 0 Å².